The molecule has 0 spiro atoms. The van der Waals surface area contributed by atoms with Crippen LogP contribution in [0.4, 0.5) is 5.69 Å². The van der Waals surface area contributed by atoms with E-state index in [1.54, 1.807) is 0 Å². The van der Waals surface area contributed by atoms with Gasteiger partial charge in [-0.05, 0) is 57.0 Å². The summed E-state index contributed by atoms with van der Waals surface area (Å²) in [5.41, 5.74) is 2.05. The molecule has 3 rings (SSSR count). The van der Waals surface area contributed by atoms with Crippen molar-refractivity contribution >= 4 is 11.6 Å². The van der Waals surface area contributed by atoms with Crippen molar-refractivity contribution in [1.29, 1.82) is 0 Å². The normalized spacial score (nSPS) is 18.8. The predicted molar refractivity (Wildman–Crippen MR) is 112 cm³/mol. The number of hydrogen-bond donors (Lipinski definition) is 1. The molecule has 0 saturated heterocycles. The van der Waals surface area contributed by atoms with Gasteiger partial charge < -0.3 is 19.7 Å². The Labute approximate surface area is 167 Å². The Bertz CT molecular complexity index is 804. The van der Waals surface area contributed by atoms with E-state index in [1.165, 1.54) is 0 Å². The monoisotopic (exact) mass is 382 g/mol. The van der Waals surface area contributed by atoms with E-state index in [-0.39, 0.29) is 11.9 Å². The molecule has 5 heteroatoms. The first-order chi connectivity index (χ1) is 13.5. The first-order valence-electron chi connectivity index (χ1n) is 10.1. The van der Waals surface area contributed by atoms with Crippen LogP contribution in [-0.2, 0) is 10.4 Å². The lowest BCUT2D eigenvalue weighted by molar-refractivity contribution is 0.0371. The van der Waals surface area contributed by atoms with E-state index in [0.29, 0.717) is 19.8 Å². The Balaban J connectivity index is 1.93. The van der Waals surface area contributed by atoms with Crippen LogP contribution in [0.15, 0.2) is 48.5 Å². The number of hydrogen-bond acceptors (Lipinski definition) is 4. The van der Waals surface area contributed by atoms with E-state index in [2.05, 4.69) is 26.1 Å². The van der Waals surface area contributed by atoms with Crippen LogP contribution in [0.3, 0.4) is 0 Å². The lowest BCUT2D eigenvalue weighted by Gasteiger charge is -2.50. The highest BCUT2D eigenvalue weighted by molar-refractivity contribution is 6.02. The number of nitrogens with zero attached hydrogens (tertiary/aromatic N) is 1. The Morgan fingerprint density at radius 1 is 1.04 bits per heavy atom. The van der Waals surface area contributed by atoms with Crippen molar-refractivity contribution in [3.8, 4) is 5.75 Å². The molecule has 1 aliphatic rings. The second-order valence-electron chi connectivity index (χ2n) is 7.22. The molecule has 2 aromatic carbocycles. The molecule has 0 saturated carbocycles. The van der Waals surface area contributed by atoms with E-state index in [0.717, 1.165) is 29.0 Å². The largest absolute Gasteiger partial charge is 0.491 e. The molecule has 1 atom stereocenters. The summed E-state index contributed by atoms with van der Waals surface area (Å²) < 4.78 is 11.1. The smallest absolute Gasteiger partial charge is 0.258 e. The van der Waals surface area contributed by atoms with E-state index >= 15 is 0 Å². The standard InChI is InChI=1S/C23H30N2O3/c1-5-23(18-11-13-19(14-12-18)28-16-15-27-6-2)24-21-10-8-7-9-20(21)22(26)25(23)17(3)4/h7-14,17,24H,5-6,15-16H2,1-4H3. The molecule has 1 N–H and O–H groups in total. The molecule has 2 aromatic rings. The van der Waals surface area contributed by atoms with Crippen molar-refractivity contribution in [2.45, 2.75) is 45.8 Å². The quantitative estimate of drug-likeness (QED) is 0.676. The van der Waals surface area contributed by atoms with E-state index in [4.69, 9.17) is 9.47 Å². The van der Waals surface area contributed by atoms with Gasteiger partial charge in [0.1, 0.15) is 18.0 Å². The van der Waals surface area contributed by atoms with Crippen molar-refractivity contribution in [2.75, 3.05) is 25.1 Å². The average Bonchev–Trinajstić information content (AvgIpc) is 2.71. The van der Waals surface area contributed by atoms with Crippen LogP contribution in [0.1, 0.15) is 50.0 Å². The van der Waals surface area contributed by atoms with Gasteiger partial charge in [0, 0.05) is 18.3 Å². The van der Waals surface area contributed by atoms with Gasteiger partial charge in [0.25, 0.3) is 5.91 Å². The molecule has 0 aliphatic carbocycles. The maximum absolute atomic E-state index is 13.3. The average molecular weight is 383 g/mol. The highest BCUT2D eigenvalue weighted by atomic mass is 16.5. The Morgan fingerprint density at radius 3 is 2.39 bits per heavy atom. The van der Waals surface area contributed by atoms with Crippen molar-refractivity contribution < 1.29 is 14.3 Å². The number of amides is 1. The van der Waals surface area contributed by atoms with Crippen LogP contribution in [0.25, 0.3) is 0 Å². The zero-order chi connectivity index (χ0) is 20.1. The number of fused-ring (bicyclic) bond motifs is 1. The van der Waals surface area contributed by atoms with E-state index in [9.17, 15) is 4.79 Å². The maximum atomic E-state index is 13.3. The number of carbonyl (C=O) groups is 1. The number of rotatable bonds is 8. The zero-order valence-electron chi connectivity index (χ0n) is 17.2. The topological polar surface area (TPSA) is 50.8 Å². The molecule has 0 aromatic heterocycles. The summed E-state index contributed by atoms with van der Waals surface area (Å²) in [7, 11) is 0. The molecule has 150 valence electrons. The Kier molecular flexibility index (Phi) is 6.25. The van der Waals surface area contributed by atoms with Crippen LogP contribution in [0.2, 0.25) is 0 Å². The Morgan fingerprint density at radius 2 is 1.75 bits per heavy atom. The first kappa shape index (κ1) is 20.2. The van der Waals surface area contributed by atoms with Crippen molar-refractivity contribution in [3.63, 3.8) is 0 Å². The van der Waals surface area contributed by atoms with E-state index in [1.807, 2.05) is 60.4 Å². The summed E-state index contributed by atoms with van der Waals surface area (Å²) in [5.74, 6) is 0.858. The van der Waals surface area contributed by atoms with Crippen LogP contribution in [0.5, 0.6) is 5.75 Å². The van der Waals surface area contributed by atoms with Crippen LogP contribution in [-0.4, -0.2) is 36.7 Å². The lowest BCUT2D eigenvalue weighted by atomic mass is 9.88. The number of ether oxygens (including phenoxy) is 2. The molecule has 0 fully saturated rings. The third-order valence-electron chi connectivity index (χ3n) is 5.19. The molecule has 5 nitrogen and oxygen atoms in total. The summed E-state index contributed by atoms with van der Waals surface area (Å²) >= 11 is 0. The molecule has 1 heterocycles. The van der Waals surface area contributed by atoms with Gasteiger partial charge in [-0.25, -0.2) is 0 Å². The van der Waals surface area contributed by atoms with Crippen molar-refractivity contribution in [2.24, 2.45) is 0 Å². The van der Waals surface area contributed by atoms with Gasteiger partial charge in [-0.15, -0.1) is 0 Å². The highest BCUT2D eigenvalue weighted by Crippen LogP contribution is 2.41. The molecule has 28 heavy (non-hydrogen) atoms. The van der Waals surface area contributed by atoms with Gasteiger partial charge in [0.2, 0.25) is 0 Å². The van der Waals surface area contributed by atoms with Crippen molar-refractivity contribution in [1.82, 2.24) is 4.90 Å². The number of para-hydroxylation sites is 1. The fourth-order valence-corrected chi connectivity index (χ4v) is 3.90. The lowest BCUT2D eigenvalue weighted by Crippen LogP contribution is -2.59. The van der Waals surface area contributed by atoms with Crippen molar-refractivity contribution in [3.05, 3.63) is 59.7 Å². The summed E-state index contributed by atoms with van der Waals surface area (Å²) in [5, 5.41) is 3.66. The third kappa shape index (κ3) is 3.72. The molecular formula is C23H30N2O3. The number of nitrogens with one attached hydrogen (secondary N) is 1. The molecule has 1 amide bonds. The van der Waals surface area contributed by atoms with Gasteiger partial charge in [-0.2, -0.15) is 0 Å². The van der Waals surface area contributed by atoms with Gasteiger partial charge in [0.05, 0.1) is 12.2 Å². The fraction of sp³-hybridized carbons (Fsp3) is 0.435. The second-order valence-corrected chi connectivity index (χ2v) is 7.22. The molecular weight excluding hydrogens is 352 g/mol. The van der Waals surface area contributed by atoms with Gasteiger partial charge in [0.15, 0.2) is 0 Å². The minimum Gasteiger partial charge on any atom is -0.491 e. The molecule has 1 unspecified atom stereocenters. The second kappa shape index (κ2) is 8.65. The molecule has 0 bridgehead atoms. The van der Waals surface area contributed by atoms with Crippen LogP contribution >= 0.6 is 0 Å². The van der Waals surface area contributed by atoms with Crippen LogP contribution in [0, 0.1) is 0 Å². The minimum atomic E-state index is -0.594. The summed E-state index contributed by atoms with van der Waals surface area (Å²) in [6.45, 7) is 9.98. The summed E-state index contributed by atoms with van der Waals surface area (Å²) in [6, 6.07) is 15.8. The first-order valence-corrected chi connectivity index (χ1v) is 10.1. The Hall–Kier alpha value is -2.53. The fourth-order valence-electron chi connectivity index (χ4n) is 3.90. The summed E-state index contributed by atoms with van der Waals surface area (Å²) in [4.78, 5) is 15.3. The number of anilines is 1. The number of carbonyl (C=O) groups excluding carboxylic acids is 1. The SMILES string of the molecule is CCOCCOc1ccc(C2(CC)Nc3ccccc3C(=O)N2C(C)C)cc1. The zero-order valence-corrected chi connectivity index (χ0v) is 17.2. The number of benzene rings is 2. The molecule has 0 radical (unpaired) electrons. The van der Waals surface area contributed by atoms with E-state index < -0.39 is 5.66 Å². The van der Waals surface area contributed by atoms with Gasteiger partial charge >= 0.3 is 0 Å². The summed E-state index contributed by atoms with van der Waals surface area (Å²) in [6.07, 6.45) is 0.746. The van der Waals surface area contributed by atoms with Crippen LogP contribution < -0.4 is 10.1 Å². The highest BCUT2D eigenvalue weighted by Gasteiger charge is 2.45. The van der Waals surface area contributed by atoms with Gasteiger partial charge in [-0.3, -0.25) is 4.79 Å². The predicted octanol–water partition coefficient (Wildman–Crippen LogP) is 4.64. The maximum Gasteiger partial charge on any atom is 0.258 e. The van der Waals surface area contributed by atoms with Gasteiger partial charge in [-0.1, -0.05) is 31.2 Å². The third-order valence-corrected chi connectivity index (χ3v) is 5.19. The minimum absolute atomic E-state index is 0.0513. The molecule has 1 aliphatic heterocycles.